The van der Waals surface area contributed by atoms with Crippen LogP contribution in [0.25, 0.3) is 11.5 Å². The van der Waals surface area contributed by atoms with Gasteiger partial charge >= 0.3 is 0 Å². The predicted octanol–water partition coefficient (Wildman–Crippen LogP) is 5.77. The molecule has 1 atom stereocenters. The van der Waals surface area contributed by atoms with E-state index in [9.17, 15) is 4.79 Å². The number of methoxy groups -OCH3 is 1. The van der Waals surface area contributed by atoms with Gasteiger partial charge in [-0.2, -0.15) is 0 Å². The van der Waals surface area contributed by atoms with Crippen LogP contribution in [0.15, 0.2) is 58.5 Å². The van der Waals surface area contributed by atoms with E-state index in [-0.39, 0.29) is 17.9 Å². The summed E-state index contributed by atoms with van der Waals surface area (Å²) in [6, 6.07) is 12.3. The van der Waals surface area contributed by atoms with Crippen LogP contribution in [0.4, 0.5) is 5.13 Å². The summed E-state index contributed by atoms with van der Waals surface area (Å²) in [4.78, 5) is 16.9. The fourth-order valence-electron chi connectivity index (χ4n) is 3.17. The molecule has 0 aliphatic heterocycles. The minimum Gasteiger partial charge on any atom is -0.488 e. The van der Waals surface area contributed by atoms with E-state index in [4.69, 9.17) is 18.6 Å². The van der Waals surface area contributed by atoms with Gasteiger partial charge in [0.2, 0.25) is 11.8 Å². The van der Waals surface area contributed by atoms with E-state index in [0.717, 1.165) is 5.56 Å². The molecule has 1 N–H and O–H groups in total. The van der Waals surface area contributed by atoms with Crippen LogP contribution >= 0.6 is 11.3 Å². The molecule has 1 amide bonds. The second-order valence-electron chi connectivity index (χ2n) is 8.09. The largest absolute Gasteiger partial charge is 0.488 e. The zero-order valence-corrected chi connectivity index (χ0v) is 20.7. The normalized spacial score (nSPS) is 11.9. The molecule has 4 rings (SSSR count). The molecule has 4 aromatic rings. The molecule has 0 spiro atoms. The van der Waals surface area contributed by atoms with Crippen molar-refractivity contribution in [2.24, 2.45) is 0 Å². The fraction of sp³-hybridized carbons (Fsp3) is 0.280. The third-order valence-electron chi connectivity index (χ3n) is 4.81. The maximum absolute atomic E-state index is 12.8. The Bertz CT molecular complexity index is 1260. The van der Waals surface area contributed by atoms with Gasteiger partial charge in [-0.05, 0) is 43.3 Å². The lowest BCUT2D eigenvalue weighted by Crippen LogP contribution is -2.18. The van der Waals surface area contributed by atoms with Crippen molar-refractivity contribution in [3.05, 3.63) is 65.5 Å². The van der Waals surface area contributed by atoms with E-state index in [0.29, 0.717) is 46.3 Å². The van der Waals surface area contributed by atoms with Gasteiger partial charge in [-0.15, -0.1) is 21.5 Å². The number of nitrogens with one attached hydrogen (secondary N) is 1. The molecule has 2 heterocycles. The number of carbonyl (C=O) groups is 1. The zero-order valence-electron chi connectivity index (χ0n) is 19.8. The number of hydrogen-bond acceptors (Lipinski definition) is 9. The highest BCUT2D eigenvalue weighted by atomic mass is 32.1. The Labute approximate surface area is 207 Å². The van der Waals surface area contributed by atoms with Crippen molar-refractivity contribution in [3.63, 3.8) is 0 Å². The second-order valence-corrected chi connectivity index (χ2v) is 8.99. The van der Waals surface area contributed by atoms with Gasteiger partial charge in [0, 0.05) is 41.8 Å². The van der Waals surface area contributed by atoms with E-state index >= 15 is 0 Å². The van der Waals surface area contributed by atoms with E-state index in [2.05, 4.69) is 20.5 Å². The van der Waals surface area contributed by atoms with E-state index in [1.54, 1.807) is 49.0 Å². The number of thiazole rings is 1. The Morgan fingerprint density at radius 2 is 1.83 bits per heavy atom. The average molecular weight is 495 g/mol. The molecule has 0 saturated heterocycles. The summed E-state index contributed by atoms with van der Waals surface area (Å²) in [5, 5.41) is 13.3. The first-order chi connectivity index (χ1) is 16.9. The molecule has 2 aromatic heterocycles. The van der Waals surface area contributed by atoms with Crippen molar-refractivity contribution in [1.82, 2.24) is 15.2 Å². The average Bonchev–Trinajstić information content (AvgIpc) is 3.52. The summed E-state index contributed by atoms with van der Waals surface area (Å²) >= 11 is 1.34. The topological polar surface area (TPSA) is 109 Å². The van der Waals surface area contributed by atoms with Crippen molar-refractivity contribution < 1.29 is 23.4 Å². The number of amides is 1. The van der Waals surface area contributed by atoms with Gasteiger partial charge in [-0.25, -0.2) is 4.98 Å². The van der Waals surface area contributed by atoms with Gasteiger partial charge in [0.05, 0.1) is 6.61 Å². The molecule has 0 aliphatic rings. The van der Waals surface area contributed by atoms with Crippen molar-refractivity contribution in [2.45, 2.75) is 32.8 Å². The van der Waals surface area contributed by atoms with Gasteiger partial charge in [0.25, 0.3) is 5.91 Å². The summed E-state index contributed by atoms with van der Waals surface area (Å²) in [5.41, 5.74) is 1.16. The van der Waals surface area contributed by atoms with Crippen LogP contribution in [0.3, 0.4) is 0 Å². The second kappa shape index (κ2) is 11.1. The van der Waals surface area contributed by atoms with Crippen LogP contribution < -0.4 is 14.8 Å². The number of hydrogen-bond donors (Lipinski definition) is 1. The Kier molecular flexibility index (Phi) is 7.74. The summed E-state index contributed by atoms with van der Waals surface area (Å²) in [6.45, 7) is 6.27. The number of aromatic nitrogens is 3. The van der Waals surface area contributed by atoms with Crippen molar-refractivity contribution in [3.8, 4) is 28.7 Å². The van der Waals surface area contributed by atoms with Gasteiger partial charge in [-0.3, -0.25) is 10.1 Å². The van der Waals surface area contributed by atoms with Gasteiger partial charge in [0.15, 0.2) is 5.13 Å². The van der Waals surface area contributed by atoms with Gasteiger partial charge in [-0.1, -0.05) is 13.8 Å². The summed E-state index contributed by atoms with van der Waals surface area (Å²) in [7, 11) is 1.61. The quantitative estimate of drug-likeness (QED) is 0.296. The zero-order chi connectivity index (χ0) is 24.8. The number of anilines is 1. The summed E-state index contributed by atoms with van der Waals surface area (Å²) < 4.78 is 22.8. The standard InChI is InChI=1S/C25H26N4O5S/c1-15(2)23-28-29-24(34-23)17-5-7-19(8-6-17)33-21-12-18(22(30)27-25-26-9-10-35-25)11-20(13-21)32-16(3)14-31-4/h5-13,15-16H,14H2,1-4H3,(H,26,27,30). The maximum atomic E-state index is 12.8. The van der Waals surface area contributed by atoms with Crippen LogP contribution in [-0.2, 0) is 4.74 Å². The van der Waals surface area contributed by atoms with Gasteiger partial charge in [0.1, 0.15) is 23.4 Å². The first-order valence-corrected chi connectivity index (χ1v) is 11.9. The third-order valence-corrected chi connectivity index (χ3v) is 5.49. The predicted molar refractivity (Wildman–Crippen MR) is 132 cm³/mol. The molecule has 182 valence electrons. The molecule has 2 aromatic carbocycles. The Morgan fingerprint density at radius 3 is 2.49 bits per heavy atom. The van der Waals surface area contributed by atoms with Crippen LogP contribution in [0, 0.1) is 0 Å². The number of carbonyl (C=O) groups excluding carboxylic acids is 1. The van der Waals surface area contributed by atoms with E-state index in [1.165, 1.54) is 11.3 Å². The highest BCUT2D eigenvalue weighted by Gasteiger charge is 2.15. The van der Waals surface area contributed by atoms with Crippen molar-refractivity contribution in [2.75, 3.05) is 19.0 Å². The van der Waals surface area contributed by atoms with Crippen LogP contribution in [0.2, 0.25) is 0 Å². The van der Waals surface area contributed by atoms with E-state index in [1.807, 2.05) is 32.9 Å². The SMILES string of the molecule is COCC(C)Oc1cc(Oc2ccc(-c3nnc(C(C)C)o3)cc2)cc(C(=O)Nc2nccs2)c1. The number of nitrogens with zero attached hydrogens (tertiary/aromatic N) is 3. The molecule has 0 saturated carbocycles. The smallest absolute Gasteiger partial charge is 0.257 e. The molecule has 0 bridgehead atoms. The first-order valence-electron chi connectivity index (χ1n) is 11.0. The number of benzene rings is 2. The lowest BCUT2D eigenvalue weighted by molar-refractivity contribution is 0.0916. The minimum absolute atomic E-state index is 0.155. The minimum atomic E-state index is -0.317. The highest BCUT2D eigenvalue weighted by Crippen LogP contribution is 2.30. The highest BCUT2D eigenvalue weighted by molar-refractivity contribution is 7.13. The van der Waals surface area contributed by atoms with Gasteiger partial charge < -0.3 is 18.6 Å². The molecule has 0 radical (unpaired) electrons. The number of rotatable bonds is 10. The molecular weight excluding hydrogens is 468 g/mol. The van der Waals surface area contributed by atoms with Crippen molar-refractivity contribution >= 4 is 22.4 Å². The lowest BCUT2D eigenvalue weighted by Gasteiger charge is -2.16. The van der Waals surface area contributed by atoms with E-state index < -0.39 is 0 Å². The summed E-state index contributed by atoms with van der Waals surface area (Å²) in [5.74, 6) is 2.38. The lowest BCUT2D eigenvalue weighted by atomic mass is 10.1. The molecule has 0 fully saturated rings. The molecule has 35 heavy (non-hydrogen) atoms. The van der Waals surface area contributed by atoms with Crippen LogP contribution in [0.1, 0.15) is 42.9 Å². The first kappa shape index (κ1) is 24.4. The fourth-order valence-corrected chi connectivity index (χ4v) is 3.70. The van der Waals surface area contributed by atoms with Crippen molar-refractivity contribution in [1.29, 1.82) is 0 Å². The monoisotopic (exact) mass is 494 g/mol. The van der Waals surface area contributed by atoms with Crippen LogP contribution in [-0.4, -0.2) is 40.9 Å². The summed E-state index contributed by atoms with van der Waals surface area (Å²) in [6.07, 6.45) is 1.41. The Hall–Kier alpha value is -3.76. The molecule has 10 heteroatoms. The molecule has 1 unspecified atom stereocenters. The molecule has 0 aliphatic carbocycles. The number of ether oxygens (including phenoxy) is 3. The Morgan fingerprint density at radius 1 is 1.06 bits per heavy atom. The Balaban J connectivity index is 1.55. The maximum Gasteiger partial charge on any atom is 0.257 e. The molecule has 9 nitrogen and oxygen atoms in total. The molecular formula is C25H26N4O5S. The third kappa shape index (κ3) is 6.43. The van der Waals surface area contributed by atoms with Crippen LogP contribution in [0.5, 0.6) is 17.2 Å².